The lowest BCUT2D eigenvalue weighted by Gasteiger charge is -2.12. The third-order valence-electron chi connectivity index (χ3n) is 3.58. The molecule has 0 radical (unpaired) electrons. The summed E-state index contributed by atoms with van der Waals surface area (Å²) in [6.45, 7) is 5.86. The highest BCUT2D eigenvalue weighted by atomic mass is 16.5. The van der Waals surface area contributed by atoms with Crippen LogP contribution in [-0.2, 0) is 11.2 Å². The third kappa shape index (κ3) is 8.80. The molecule has 0 spiro atoms. The molecule has 124 valence electrons. The predicted molar refractivity (Wildman–Crippen MR) is 88.1 cm³/mol. The first-order valence-corrected chi connectivity index (χ1v) is 8.32. The number of rotatable bonds is 12. The van der Waals surface area contributed by atoms with Crippen LogP contribution in [0.1, 0.15) is 45.1 Å². The Balaban J connectivity index is 2.19. The summed E-state index contributed by atoms with van der Waals surface area (Å²) in [5.74, 6) is 0.968. The molecule has 0 fully saturated rings. The fraction of sp³-hybridized carbons (Fsp3) is 0.611. The van der Waals surface area contributed by atoms with Crippen molar-refractivity contribution in [3.63, 3.8) is 0 Å². The van der Waals surface area contributed by atoms with Gasteiger partial charge >= 0.3 is 0 Å². The minimum Gasteiger partial charge on any atom is -0.491 e. The van der Waals surface area contributed by atoms with E-state index in [0.717, 1.165) is 24.3 Å². The second kappa shape index (κ2) is 11.2. The number of hydrogen-bond donors (Lipinski definition) is 2. The molecule has 1 aromatic carbocycles. The van der Waals surface area contributed by atoms with Gasteiger partial charge in [-0.25, -0.2) is 0 Å². The molecule has 1 aromatic rings. The quantitative estimate of drug-likeness (QED) is 0.578. The maximum absolute atomic E-state index is 11.0. The summed E-state index contributed by atoms with van der Waals surface area (Å²) in [6.07, 6.45) is 4.57. The van der Waals surface area contributed by atoms with Gasteiger partial charge in [-0.05, 0) is 43.9 Å². The number of benzene rings is 1. The SMILES string of the molecule is CCCCC[NH2+]C[C@@H](O)COc1ccc(CCC(C)=O)cc1. The van der Waals surface area contributed by atoms with E-state index in [4.69, 9.17) is 4.74 Å². The van der Waals surface area contributed by atoms with Crippen molar-refractivity contribution in [2.75, 3.05) is 19.7 Å². The van der Waals surface area contributed by atoms with Crippen LogP contribution in [0.25, 0.3) is 0 Å². The van der Waals surface area contributed by atoms with Crippen molar-refractivity contribution in [1.82, 2.24) is 0 Å². The number of unbranched alkanes of at least 4 members (excludes halogenated alkanes) is 2. The predicted octanol–water partition coefficient (Wildman–Crippen LogP) is 1.70. The lowest BCUT2D eigenvalue weighted by Crippen LogP contribution is -2.86. The Morgan fingerprint density at radius 3 is 2.64 bits per heavy atom. The second-order valence-electron chi connectivity index (χ2n) is 5.83. The van der Waals surface area contributed by atoms with E-state index in [1.54, 1.807) is 6.92 Å². The molecule has 22 heavy (non-hydrogen) atoms. The molecule has 0 aliphatic heterocycles. The molecule has 0 aromatic heterocycles. The van der Waals surface area contributed by atoms with Gasteiger partial charge in [0.2, 0.25) is 0 Å². The van der Waals surface area contributed by atoms with Gasteiger partial charge in [-0.1, -0.05) is 25.5 Å². The average molecular weight is 308 g/mol. The van der Waals surface area contributed by atoms with Crippen LogP contribution in [0.2, 0.25) is 0 Å². The van der Waals surface area contributed by atoms with Gasteiger partial charge in [-0.3, -0.25) is 0 Å². The van der Waals surface area contributed by atoms with Gasteiger partial charge < -0.3 is 20.0 Å². The Kier molecular flexibility index (Phi) is 9.51. The maximum atomic E-state index is 11.0. The van der Waals surface area contributed by atoms with Crippen LogP contribution in [0, 0.1) is 0 Å². The summed E-state index contributed by atoms with van der Waals surface area (Å²) in [5, 5.41) is 12.0. The lowest BCUT2D eigenvalue weighted by atomic mass is 10.1. The van der Waals surface area contributed by atoms with Crippen molar-refractivity contribution in [3.8, 4) is 5.75 Å². The minimum atomic E-state index is -0.445. The van der Waals surface area contributed by atoms with Crippen LogP contribution in [0.15, 0.2) is 24.3 Å². The molecule has 1 rings (SSSR count). The second-order valence-corrected chi connectivity index (χ2v) is 5.83. The zero-order chi connectivity index (χ0) is 16.2. The van der Waals surface area contributed by atoms with Gasteiger partial charge in [-0.2, -0.15) is 0 Å². The summed E-state index contributed by atoms with van der Waals surface area (Å²) in [7, 11) is 0. The van der Waals surface area contributed by atoms with Crippen LogP contribution in [0.4, 0.5) is 0 Å². The monoisotopic (exact) mass is 308 g/mol. The van der Waals surface area contributed by atoms with Crippen molar-refractivity contribution in [3.05, 3.63) is 29.8 Å². The average Bonchev–Trinajstić information content (AvgIpc) is 2.51. The number of ketones is 1. The maximum Gasteiger partial charge on any atom is 0.137 e. The molecule has 0 amide bonds. The molecule has 4 nitrogen and oxygen atoms in total. The molecule has 3 N–H and O–H groups in total. The Hall–Kier alpha value is -1.39. The number of quaternary nitrogens is 1. The minimum absolute atomic E-state index is 0.207. The largest absolute Gasteiger partial charge is 0.491 e. The lowest BCUT2D eigenvalue weighted by molar-refractivity contribution is -0.661. The number of aliphatic hydroxyl groups excluding tert-OH is 1. The molecule has 0 heterocycles. The van der Waals surface area contributed by atoms with E-state index < -0.39 is 6.10 Å². The number of Topliss-reactive ketones (excluding diaryl/α,β-unsaturated/α-hetero) is 1. The number of aryl methyl sites for hydroxylation is 1. The van der Waals surface area contributed by atoms with Crippen molar-refractivity contribution in [2.45, 2.75) is 52.1 Å². The number of ether oxygens (including phenoxy) is 1. The van der Waals surface area contributed by atoms with Gasteiger partial charge in [0.05, 0.1) is 6.54 Å². The van der Waals surface area contributed by atoms with E-state index in [-0.39, 0.29) is 5.78 Å². The van der Waals surface area contributed by atoms with Gasteiger partial charge in [0.25, 0.3) is 0 Å². The van der Waals surface area contributed by atoms with E-state index in [1.165, 1.54) is 19.3 Å². The highest BCUT2D eigenvalue weighted by molar-refractivity contribution is 5.75. The van der Waals surface area contributed by atoms with E-state index in [0.29, 0.717) is 19.6 Å². The summed E-state index contributed by atoms with van der Waals surface area (Å²) in [4.78, 5) is 11.0. The topological polar surface area (TPSA) is 63.1 Å². The molecule has 0 unspecified atom stereocenters. The van der Waals surface area contributed by atoms with Crippen molar-refractivity contribution in [2.24, 2.45) is 0 Å². The first-order valence-electron chi connectivity index (χ1n) is 8.32. The van der Waals surface area contributed by atoms with Crippen molar-refractivity contribution < 1.29 is 20.0 Å². The molecular weight excluding hydrogens is 278 g/mol. The van der Waals surface area contributed by atoms with Crippen LogP contribution < -0.4 is 10.1 Å². The van der Waals surface area contributed by atoms with Crippen LogP contribution in [-0.4, -0.2) is 36.7 Å². The summed E-state index contributed by atoms with van der Waals surface area (Å²) in [6, 6.07) is 7.74. The van der Waals surface area contributed by atoms with Crippen molar-refractivity contribution >= 4 is 5.78 Å². The van der Waals surface area contributed by atoms with E-state index >= 15 is 0 Å². The van der Waals surface area contributed by atoms with Gasteiger partial charge in [0.1, 0.15) is 30.8 Å². The standard InChI is InChI=1S/C18H29NO3/c1-3-4-5-12-19-13-17(21)14-22-18-10-8-16(9-11-18)7-6-15(2)20/h8-11,17,19,21H,3-7,12-14H2,1-2H3/p+1/t17-/m1/s1. The molecule has 1 atom stereocenters. The summed E-state index contributed by atoms with van der Waals surface area (Å²) < 4.78 is 5.59. The number of hydrogen-bond acceptors (Lipinski definition) is 3. The van der Waals surface area contributed by atoms with Crippen LogP contribution in [0.3, 0.4) is 0 Å². The van der Waals surface area contributed by atoms with Crippen LogP contribution in [0.5, 0.6) is 5.75 Å². The van der Waals surface area contributed by atoms with E-state index in [1.807, 2.05) is 24.3 Å². The van der Waals surface area contributed by atoms with Gasteiger partial charge in [0.15, 0.2) is 0 Å². The molecule has 0 bridgehead atoms. The fourth-order valence-corrected chi connectivity index (χ4v) is 2.18. The number of carbonyl (C=O) groups is 1. The third-order valence-corrected chi connectivity index (χ3v) is 3.58. The molecule has 0 aliphatic rings. The summed E-state index contributed by atoms with van der Waals surface area (Å²) >= 11 is 0. The molecular formula is C18H30NO3+. The van der Waals surface area contributed by atoms with Gasteiger partial charge in [-0.15, -0.1) is 0 Å². The highest BCUT2D eigenvalue weighted by Crippen LogP contribution is 2.13. The highest BCUT2D eigenvalue weighted by Gasteiger charge is 2.07. The smallest absolute Gasteiger partial charge is 0.137 e. The van der Waals surface area contributed by atoms with Crippen LogP contribution >= 0.6 is 0 Å². The molecule has 4 heteroatoms. The van der Waals surface area contributed by atoms with Crippen molar-refractivity contribution in [1.29, 1.82) is 0 Å². The summed E-state index contributed by atoms with van der Waals surface area (Å²) in [5.41, 5.74) is 1.13. The fourth-order valence-electron chi connectivity index (χ4n) is 2.18. The normalized spacial score (nSPS) is 12.1. The Bertz CT molecular complexity index is 417. The van der Waals surface area contributed by atoms with E-state index in [9.17, 15) is 9.90 Å². The number of carbonyl (C=O) groups excluding carboxylic acids is 1. The zero-order valence-electron chi connectivity index (χ0n) is 13.9. The number of nitrogens with two attached hydrogens (primary N) is 1. The van der Waals surface area contributed by atoms with Gasteiger partial charge in [0, 0.05) is 6.42 Å². The molecule has 0 aliphatic carbocycles. The Morgan fingerprint density at radius 2 is 2.00 bits per heavy atom. The molecule has 0 saturated heterocycles. The first-order chi connectivity index (χ1) is 10.6. The Labute approximate surface area is 133 Å². The number of aliphatic hydroxyl groups is 1. The Morgan fingerprint density at radius 1 is 1.27 bits per heavy atom. The first kappa shape index (κ1) is 18.7. The molecule has 0 saturated carbocycles. The zero-order valence-corrected chi connectivity index (χ0v) is 13.9. The van der Waals surface area contributed by atoms with E-state index in [2.05, 4.69) is 12.2 Å².